The molecule has 0 fully saturated rings. The number of methoxy groups -OCH3 is 1. The van der Waals surface area contributed by atoms with Crippen LogP contribution in [0.3, 0.4) is 0 Å². The van der Waals surface area contributed by atoms with Crippen LogP contribution in [0.15, 0.2) is 42.5 Å². The van der Waals surface area contributed by atoms with E-state index in [-0.39, 0.29) is 24.1 Å². The third kappa shape index (κ3) is 2.88. The first-order valence-electron chi connectivity index (χ1n) is 7.02. The molecule has 0 saturated carbocycles. The van der Waals surface area contributed by atoms with E-state index in [2.05, 4.69) is 5.32 Å². The van der Waals surface area contributed by atoms with Crippen LogP contribution in [0, 0.1) is 11.7 Å². The Hall–Kier alpha value is -2.56. The molecule has 4 nitrogen and oxygen atoms in total. The number of amides is 1. The van der Waals surface area contributed by atoms with Gasteiger partial charge in [-0.2, -0.15) is 0 Å². The second-order valence-electron chi connectivity index (χ2n) is 5.15. The van der Waals surface area contributed by atoms with E-state index in [4.69, 9.17) is 9.47 Å². The first-order chi connectivity index (χ1) is 10.7. The smallest absolute Gasteiger partial charge is 0.231 e. The van der Waals surface area contributed by atoms with Gasteiger partial charge in [-0.1, -0.05) is 12.1 Å². The normalized spacial score (nSPS) is 16.4. The maximum Gasteiger partial charge on any atom is 0.231 e. The van der Waals surface area contributed by atoms with Gasteiger partial charge < -0.3 is 14.8 Å². The Morgan fingerprint density at radius 3 is 2.91 bits per heavy atom. The lowest BCUT2D eigenvalue weighted by atomic mass is 9.95. The van der Waals surface area contributed by atoms with Crippen LogP contribution in [-0.4, -0.2) is 19.6 Å². The van der Waals surface area contributed by atoms with Crippen LogP contribution in [0.4, 0.5) is 10.1 Å². The lowest BCUT2D eigenvalue weighted by molar-refractivity contribution is -0.121. The lowest BCUT2D eigenvalue weighted by Gasteiger charge is -2.25. The molecule has 2 aromatic rings. The van der Waals surface area contributed by atoms with Crippen molar-refractivity contribution in [2.24, 2.45) is 5.92 Å². The molecule has 1 atom stereocenters. The maximum absolute atomic E-state index is 13.6. The summed E-state index contributed by atoms with van der Waals surface area (Å²) in [4.78, 5) is 12.3. The molecule has 22 heavy (non-hydrogen) atoms. The Bertz CT molecular complexity index is 702. The number of carbonyl (C=O) groups is 1. The second kappa shape index (κ2) is 6.05. The molecule has 114 valence electrons. The van der Waals surface area contributed by atoms with Gasteiger partial charge in [0, 0.05) is 0 Å². The first-order valence-corrected chi connectivity index (χ1v) is 7.02. The summed E-state index contributed by atoms with van der Waals surface area (Å²) in [7, 11) is 1.59. The Labute approximate surface area is 127 Å². The van der Waals surface area contributed by atoms with Crippen LogP contribution in [-0.2, 0) is 11.2 Å². The maximum atomic E-state index is 13.6. The number of benzene rings is 2. The van der Waals surface area contributed by atoms with Crippen LogP contribution >= 0.6 is 0 Å². The molecule has 1 aliphatic heterocycles. The molecular formula is C17H16FNO3. The van der Waals surface area contributed by atoms with E-state index in [1.807, 2.05) is 18.2 Å². The fourth-order valence-corrected chi connectivity index (χ4v) is 2.46. The summed E-state index contributed by atoms with van der Waals surface area (Å²) in [5.74, 6) is 0.417. The summed E-state index contributed by atoms with van der Waals surface area (Å²) in [6, 6.07) is 11.6. The summed E-state index contributed by atoms with van der Waals surface area (Å²) in [6.45, 7) is 0.277. The first kappa shape index (κ1) is 14.4. The molecule has 3 rings (SSSR count). The highest BCUT2D eigenvalue weighted by molar-refractivity contribution is 5.93. The minimum atomic E-state index is -0.449. The molecular weight excluding hydrogens is 285 g/mol. The standard InChI is InChI=1S/C17H16FNO3/c1-21-13-6-7-16-11(9-13)8-12(10-22-16)17(20)19-15-5-3-2-4-14(15)18/h2-7,9,12H,8,10H2,1H3,(H,19,20)/t12-/m0/s1. The molecule has 0 unspecified atom stereocenters. The van der Waals surface area contributed by atoms with Gasteiger partial charge in [0.2, 0.25) is 5.91 Å². The van der Waals surface area contributed by atoms with Crippen molar-refractivity contribution < 1.29 is 18.7 Å². The zero-order chi connectivity index (χ0) is 15.5. The van der Waals surface area contributed by atoms with Crippen LogP contribution in [0.5, 0.6) is 11.5 Å². The van der Waals surface area contributed by atoms with Crippen molar-refractivity contribution >= 4 is 11.6 Å². The highest BCUT2D eigenvalue weighted by Crippen LogP contribution is 2.31. The fraction of sp³-hybridized carbons (Fsp3) is 0.235. The van der Waals surface area contributed by atoms with Crippen molar-refractivity contribution in [1.29, 1.82) is 0 Å². The van der Waals surface area contributed by atoms with Gasteiger partial charge in [0.25, 0.3) is 0 Å². The minimum absolute atomic E-state index is 0.184. The highest BCUT2D eigenvalue weighted by Gasteiger charge is 2.26. The molecule has 1 heterocycles. The number of anilines is 1. The van der Waals surface area contributed by atoms with Gasteiger partial charge in [0.1, 0.15) is 23.9 Å². The number of hydrogen-bond acceptors (Lipinski definition) is 3. The van der Waals surface area contributed by atoms with Crippen molar-refractivity contribution in [1.82, 2.24) is 0 Å². The van der Waals surface area contributed by atoms with E-state index >= 15 is 0 Å². The average molecular weight is 301 g/mol. The van der Waals surface area contributed by atoms with Crippen LogP contribution in [0.1, 0.15) is 5.56 Å². The van der Waals surface area contributed by atoms with Gasteiger partial charge in [-0.25, -0.2) is 4.39 Å². The molecule has 0 radical (unpaired) electrons. The fourth-order valence-electron chi connectivity index (χ4n) is 2.46. The number of nitrogens with one attached hydrogen (secondary N) is 1. The summed E-state index contributed by atoms with van der Waals surface area (Å²) < 4.78 is 24.4. The topological polar surface area (TPSA) is 47.6 Å². The average Bonchev–Trinajstić information content (AvgIpc) is 2.55. The minimum Gasteiger partial charge on any atom is -0.497 e. The second-order valence-corrected chi connectivity index (χ2v) is 5.15. The number of ether oxygens (including phenoxy) is 2. The van der Waals surface area contributed by atoms with E-state index in [0.29, 0.717) is 6.42 Å². The number of hydrogen-bond donors (Lipinski definition) is 1. The van der Waals surface area contributed by atoms with Gasteiger partial charge in [-0.05, 0) is 42.3 Å². The highest BCUT2D eigenvalue weighted by atomic mass is 19.1. The number of rotatable bonds is 3. The van der Waals surface area contributed by atoms with Gasteiger partial charge in [0.15, 0.2) is 0 Å². The predicted octanol–water partition coefficient (Wildman–Crippen LogP) is 3.02. The summed E-state index contributed by atoms with van der Waals surface area (Å²) in [5, 5.41) is 2.61. The third-order valence-electron chi connectivity index (χ3n) is 3.68. The van der Waals surface area contributed by atoms with Crippen molar-refractivity contribution in [3.05, 3.63) is 53.8 Å². The van der Waals surface area contributed by atoms with Crippen LogP contribution < -0.4 is 14.8 Å². The zero-order valence-electron chi connectivity index (χ0n) is 12.1. The van der Waals surface area contributed by atoms with Crippen molar-refractivity contribution in [2.75, 3.05) is 19.0 Å². The lowest BCUT2D eigenvalue weighted by Crippen LogP contribution is -2.32. The Kier molecular flexibility index (Phi) is 3.96. The van der Waals surface area contributed by atoms with Crippen molar-refractivity contribution in [2.45, 2.75) is 6.42 Å². The largest absolute Gasteiger partial charge is 0.497 e. The SMILES string of the molecule is COc1ccc2c(c1)C[C@H](C(=O)Nc1ccccc1F)CO2. The van der Waals surface area contributed by atoms with Gasteiger partial charge in [0.05, 0.1) is 18.7 Å². The summed E-state index contributed by atoms with van der Waals surface area (Å²) >= 11 is 0. The molecule has 0 bridgehead atoms. The monoisotopic (exact) mass is 301 g/mol. The predicted molar refractivity (Wildman–Crippen MR) is 80.7 cm³/mol. The number of para-hydroxylation sites is 1. The van der Waals surface area contributed by atoms with Gasteiger partial charge >= 0.3 is 0 Å². The van der Waals surface area contributed by atoms with E-state index in [9.17, 15) is 9.18 Å². The zero-order valence-corrected chi connectivity index (χ0v) is 12.1. The van der Waals surface area contributed by atoms with E-state index in [0.717, 1.165) is 17.1 Å². The van der Waals surface area contributed by atoms with E-state index in [1.54, 1.807) is 19.2 Å². The Balaban J connectivity index is 1.73. The molecule has 1 N–H and O–H groups in total. The number of carbonyl (C=O) groups excluding carboxylic acids is 1. The quantitative estimate of drug-likeness (QED) is 0.948. The molecule has 1 aliphatic rings. The van der Waals surface area contributed by atoms with E-state index < -0.39 is 5.82 Å². The molecule has 0 aliphatic carbocycles. The van der Waals surface area contributed by atoms with Crippen molar-refractivity contribution in [3.63, 3.8) is 0 Å². The molecule has 0 aromatic heterocycles. The van der Waals surface area contributed by atoms with E-state index in [1.165, 1.54) is 12.1 Å². The summed E-state index contributed by atoms with van der Waals surface area (Å²) in [5.41, 5.74) is 1.10. The van der Waals surface area contributed by atoms with Crippen LogP contribution in [0.25, 0.3) is 0 Å². The Morgan fingerprint density at radius 2 is 2.14 bits per heavy atom. The Morgan fingerprint density at radius 1 is 1.32 bits per heavy atom. The third-order valence-corrected chi connectivity index (χ3v) is 3.68. The molecule has 2 aromatic carbocycles. The van der Waals surface area contributed by atoms with Crippen molar-refractivity contribution in [3.8, 4) is 11.5 Å². The van der Waals surface area contributed by atoms with Gasteiger partial charge in [-0.3, -0.25) is 4.79 Å². The molecule has 0 spiro atoms. The molecule has 0 saturated heterocycles. The van der Waals surface area contributed by atoms with Crippen LogP contribution in [0.2, 0.25) is 0 Å². The number of fused-ring (bicyclic) bond motifs is 1. The molecule has 5 heteroatoms. The van der Waals surface area contributed by atoms with Gasteiger partial charge in [-0.15, -0.1) is 0 Å². The summed E-state index contributed by atoms with van der Waals surface area (Å²) in [6.07, 6.45) is 0.535. The molecule has 1 amide bonds. The number of halogens is 1.